The first-order valence-electron chi connectivity index (χ1n) is 18.1. The summed E-state index contributed by atoms with van der Waals surface area (Å²) in [5.74, 6) is 1.52. The van der Waals surface area contributed by atoms with Gasteiger partial charge in [0.25, 0.3) is 0 Å². The quantitative estimate of drug-likeness (QED) is 0.228. The largest absolute Gasteiger partial charge is 0.396 e. The summed E-state index contributed by atoms with van der Waals surface area (Å²) in [5, 5.41) is 22.1. The molecule has 4 rings (SSSR count). The highest BCUT2D eigenvalue weighted by molar-refractivity contribution is 5.35. The van der Waals surface area contributed by atoms with Gasteiger partial charge in [-0.15, -0.1) is 0 Å². The average molecular weight is 613 g/mol. The Hall–Kier alpha value is -0.940. The Morgan fingerprint density at radius 1 is 0.977 bits per heavy atom. The Morgan fingerprint density at radius 2 is 1.59 bits per heavy atom. The maximum absolute atomic E-state index is 11.5. The molecule has 252 valence electrons. The zero-order chi connectivity index (χ0) is 32.7. The van der Waals surface area contributed by atoms with Crippen LogP contribution < -0.4 is 0 Å². The predicted molar refractivity (Wildman–Crippen MR) is 183 cm³/mol. The molecule has 0 amide bonds. The number of aliphatic hydroxyl groups is 2. The van der Waals surface area contributed by atoms with E-state index in [1.165, 1.54) is 24.0 Å². The monoisotopic (exact) mass is 613 g/mol. The summed E-state index contributed by atoms with van der Waals surface area (Å²) < 4.78 is 13.7. The van der Waals surface area contributed by atoms with Gasteiger partial charge in [-0.2, -0.15) is 0 Å². The van der Waals surface area contributed by atoms with E-state index in [4.69, 9.17) is 9.47 Å². The fraction of sp³-hybridized carbons (Fsp3) is 0.850. The van der Waals surface area contributed by atoms with E-state index in [0.29, 0.717) is 25.0 Å². The van der Waals surface area contributed by atoms with E-state index in [-0.39, 0.29) is 57.9 Å². The molecule has 0 aliphatic heterocycles. The third-order valence-electron chi connectivity index (χ3n) is 14.5. The molecule has 0 aromatic rings. The van der Waals surface area contributed by atoms with E-state index in [1.807, 2.05) is 0 Å². The van der Waals surface area contributed by atoms with Crippen molar-refractivity contribution in [3.63, 3.8) is 0 Å². The molecule has 0 saturated heterocycles. The average Bonchev–Trinajstić information content (AvgIpc) is 2.99. The van der Waals surface area contributed by atoms with Crippen molar-refractivity contribution in [3.8, 4) is 0 Å². The van der Waals surface area contributed by atoms with Crippen LogP contribution in [0.4, 0.5) is 0 Å². The second kappa shape index (κ2) is 13.3. The van der Waals surface area contributed by atoms with Gasteiger partial charge in [0, 0.05) is 5.41 Å². The second-order valence-electron chi connectivity index (χ2n) is 17.1. The molecule has 4 nitrogen and oxygen atoms in total. The van der Waals surface area contributed by atoms with Crippen molar-refractivity contribution in [2.75, 3.05) is 19.8 Å². The van der Waals surface area contributed by atoms with Crippen molar-refractivity contribution in [1.82, 2.24) is 0 Å². The van der Waals surface area contributed by atoms with Crippen LogP contribution in [-0.4, -0.2) is 48.3 Å². The Morgan fingerprint density at radius 3 is 2.16 bits per heavy atom. The predicted octanol–water partition coefficient (Wildman–Crippen LogP) is 9.45. The number of hydrogen-bond acceptors (Lipinski definition) is 4. The third-order valence-corrected chi connectivity index (χ3v) is 14.5. The molecule has 0 heterocycles. The van der Waals surface area contributed by atoms with E-state index in [1.54, 1.807) is 5.57 Å². The van der Waals surface area contributed by atoms with E-state index in [9.17, 15) is 10.2 Å². The Labute approximate surface area is 271 Å². The van der Waals surface area contributed by atoms with Crippen molar-refractivity contribution in [3.05, 3.63) is 34.9 Å². The van der Waals surface area contributed by atoms with Crippen LogP contribution in [0, 0.1) is 44.8 Å². The van der Waals surface area contributed by atoms with Gasteiger partial charge in [-0.1, -0.05) is 83.4 Å². The first-order valence-corrected chi connectivity index (χ1v) is 18.1. The van der Waals surface area contributed by atoms with Crippen LogP contribution in [0.2, 0.25) is 0 Å². The van der Waals surface area contributed by atoms with Crippen molar-refractivity contribution < 1.29 is 19.7 Å². The number of fused-ring (bicyclic) bond motifs is 5. The molecule has 0 bridgehead atoms. The Balaban J connectivity index is 1.78. The Kier molecular flexibility index (Phi) is 10.8. The summed E-state index contributed by atoms with van der Waals surface area (Å²) in [6, 6.07) is 0. The van der Waals surface area contributed by atoms with Gasteiger partial charge in [0.05, 0.1) is 38.1 Å². The number of rotatable bonds is 11. The normalized spacial score (nSPS) is 43.0. The van der Waals surface area contributed by atoms with Crippen LogP contribution in [0.1, 0.15) is 134 Å². The molecule has 10 atom stereocenters. The van der Waals surface area contributed by atoms with Crippen LogP contribution in [-0.2, 0) is 9.47 Å². The zero-order valence-electron chi connectivity index (χ0n) is 30.4. The van der Waals surface area contributed by atoms with E-state index < -0.39 is 0 Å². The molecule has 0 aromatic carbocycles. The van der Waals surface area contributed by atoms with Gasteiger partial charge >= 0.3 is 0 Å². The molecule has 0 spiro atoms. The fourth-order valence-electron chi connectivity index (χ4n) is 10.6. The molecule has 4 heteroatoms. The number of aliphatic hydroxyl groups excluding tert-OH is 2. The number of hydrogen-bond donors (Lipinski definition) is 2. The van der Waals surface area contributed by atoms with E-state index in [2.05, 4.69) is 94.4 Å². The van der Waals surface area contributed by atoms with Gasteiger partial charge in [-0.05, 0) is 125 Å². The number of ether oxygens (including phenoxy) is 2. The highest BCUT2D eigenvalue weighted by atomic mass is 16.5. The summed E-state index contributed by atoms with van der Waals surface area (Å²) in [7, 11) is 0. The second-order valence-corrected chi connectivity index (χ2v) is 17.1. The topological polar surface area (TPSA) is 58.9 Å². The van der Waals surface area contributed by atoms with Crippen LogP contribution in [0.3, 0.4) is 0 Å². The molecule has 3 fully saturated rings. The summed E-state index contributed by atoms with van der Waals surface area (Å²) >= 11 is 0. The first kappa shape index (κ1) is 35.9. The molecular formula is C40H68O4. The van der Waals surface area contributed by atoms with Gasteiger partial charge in [0.15, 0.2) is 0 Å². The minimum Gasteiger partial charge on any atom is -0.396 e. The van der Waals surface area contributed by atoms with Crippen LogP contribution in [0.25, 0.3) is 0 Å². The molecule has 8 unspecified atom stereocenters. The van der Waals surface area contributed by atoms with Crippen molar-refractivity contribution in [1.29, 1.82) is 0 Å². The minimum atomic E-state index is -0.358. The maximum atomic E-state index is 11.5. The van der Waals surface area contributed by atoms with Gasteiger partial charge in [0.1, 0.15) is 0 Å². The SMILES string of the molecule is C/C=C(/C)COC1[C@H](OC/C(C)=C\C)C2(CO)CC[C@]3(C)C(=CCC4C(C)(CCC(O)CC)C(C)CCC43C)C2CC1(C)C. The zero-order valence-corrected chi connectivity index (χ0v) is 30.4. The lowest BCUT2D eigenvalue weighted by Gasteiger charge is -2.70. The molecule has 4 aliphatic rings. The summed E-state index contributed by atoms with van der Waals surface area (Å²) in [6.45, 7) is 26.8. The lowest BCUT2D eigenvalue weighted by Crippen LogP contribution is -2.67. The van der Waals surface area contributed by atoms with Crippen molar-refractivity contribution in [2.45, 2.75) is 152 Å². The summed E-state index contributed by atoms with van der Waals surface area (Å²) in [5.41, 5.74) is 4.08. The molecule has 2 N–H and O–H groups in total. The molecule has 44 heavy (non-hydrogen) atoms. The van der Waals surface area contributed by atoms with Gasteiger partial charge < -0.3 is 19.7 Å². The van der Waals surface area contributed by atoms with Crippen molar-refractivity contribution in [2.24, 2.45) is 44.8 Å². The smallest absolute Gasteiger partial charge is 0.0930 e. The third kappa shape index (κ3) is 5.86. The van der Waals surface area contributed by atoms with Crippen LogP contribution in [0.15, 0.2) is 34.9 Å². The fourth-order valence-corrected chi connectivity index (χ4v) is 10.6. The standard InChI is InChI=1S/C40H68O4/c1-12-27(4)24-43-34-35(44-25-28(5)13-2)40(26-41)22-21-38(10)31(32(40)23-36(34,7)8)15-16-33-37(9,19-18-30(42)14-3)29(6)17-20-39(33,38)11/h12-13,15,29-30,32-35,41-42H,14,16-26H2,1-11H3/b27-12-,28-13-/t29?,30?,32?,33?,34?,35-,37?,38+,39?,40?/m0/s1. The van der Waals surface area contributed by atoms with Crippen LogP contribution >= 0.6 is 0 Å². The number of allylic oxidation sites excluding steroid dienone is 4. The van der Waals surface area contributed by atoms with Crippen molar-refractivity contribution >= 4 is 0 Å². The Bertz CT molecular complexity index is 1100. The van der Waals surface area contributed by atoms with Gasteiger partial charge in [-0.3, -0.25) is 0 Å². The lowest BCUT2D eigenvalue weighted by atomic mass is 9.35. The highest BCUT2D eigenvalue weighted by Crippen LogP contribution is 2.74. The molecule has 4 aliphatic carbocycles. The first-order chi connectivity index (χ1) is 20.6. The highest BCUT2D eigenvalue weighted by Gasteiger charge is 2.68. The maximum Gasteiger partial charge on any atom is 0.0930 e. The van der Waals surface area contributed by atoms with Crippen LogP contribution in [0.5, 0.6) is 0 Å². The lowest BCUT2D eigenvalue weighted by molar-refractivity contribution is -0.237. The van der Waals surface area contributed by atoms with E-state index in [0.717, 1.165) is 44.9 Å². The molecule has 0 radical (unpaired) electrons. The minimum absolute atomic E-state index is 0.0825. The summed E-state index contributed by atoms with van der Waals surface area (Å²) in [4.78, 5) is 0. The van der Waals surface area contributed by atoms with Gasteiger partial charge in [0.2, 0.25) is 0 Å². The molecule has 3 saturated carbocycles. The summed E-state index contributed by atoms with van der Waals surface area (Å²) in [6.07, 6.45) is 16.0. The molecular weight excluding hydrogens is 544 g/mol. The van der Waals surface area contributed by atoms with Gasteiger partial charge in [-0.25, -0.2) is 0 Å². The van der Waals surface area contributed by atoms with E-state index >= 15 is 0 Å². The molecule has 0 aromatic heterocycles.